The van der Waals surface area contributed by atoms with E-state index in [2.05, 4.69) is 142 Å². The zero-order valence-corrected chi connectivity index (χ0v) is 29.9. The van der Waals surface area contributed by atoms with Gasteiger partial charge in [-0.1, -0.05) is 63.7 Å². The molecular formula is C43H45BN4O. The average molecular weight is 645 g/mol. The molecule has 5 nitrogen and oxygen atoms in total. The minimum atomic E-state index is -0.0218. The predicted molar refractivity (Wildman–Crippen MR) is 206 cm³/mol. The summed E-state index contributed by atoms with van der Waals surface area (Å²) in [7, 11) is 2.22. The Hall–Kier alpha value is -4.97. The van der Waals surface area contributed by atoms with Crippen LogP contribution in [0, 0.1) is 41.5 Å². The smallest absolute Gasteiger partial charge is 0.329 e. The van der Waals surface area contributed by atoms with Gasteiger partial charge in [0.15, 0.2) is 0 Å². The third-order valence-corrected chi connectivity index (χ3v) is 10.7. The molecule has 0 unspecified atom stereocenters. The number of rotatable bonds is 6. The molecule has 1 aliphatic heterocycles. The highest BCUT2D eigenvalue weighted by atomic mass is 16.5. The number of benzene rings is 4. The first-order valence-electron chi connectivity index (χ1n) is 17.7. The van der Waals surface area contributed by atoms with Crippen molar-refractivity contribution in [1.82, 2.24) is 14.4 Å². The molecule has 6 heteroatoms. The molecule has 0 amide bonds. The number of hydrogen-bond donors (Lipinski definition) is 0. The van der Waals surface area contributed by atoms with E-state index in [1.807, 2.05) is 6.20 Å². The summed E-state index contributed by atoms with van der Waals surface area (Å²) >= 11 is 0. The van der Waals surface area contributed by atoms with Crippen molar-refractivity contribution < 1.29 is 4.74 Å². The van der Waals surface area contributed by atoms with Crippen LogP contribution in [0.25, 0.3) is 21.9 Å². The lowest BCUT2D eigenvalue weighted by atomic mass is 9.46. The molecule has 0 fully saturated rings. The molecule has 1 aliphatic carbocycles. The number of allylic oxidation sites excluding steroid dienone is 2. The summed E-state index contributed by atoms with van der Waals surface area (Å²) in [4.78, 5) is 9.86. The fraction of sp³-hybridized carbons (Fsp3) is 0.279. The maximum absolute atomic E-state index is 6.65. The lowest BCUT2D eigenvalue weighted by Crippen LogP contribution is -2.53. The van der Waals surface area contributed by atoms with Gasteiger partial charge in [-0.05, 0) is 121 Å². The van der Waals surface area contributed by atoms with Gasteiger partial charge in [-0.2, -0.15) is 0 Å². The van der Waals surface area contributed by atoms with E-state index in [9.17, 15) is 0 Å². The maximum Gasteiger partial charge on any atom is 0.329 e. The average Bonchev–Trinajstić information content (AvgIpc) is 3.58. The van der Waals surface area contributed by atoms with Crippen LogP contribution in [0.4, 0.5) is 5.69 Å². The number of ether oxygens (including phenoxy) is 1. The number of aromatic nitrogens is 2. The fourth-order valence-corrected chi connectivity index (χ4v) is 8.88. The van der Waals surface area contributed by atoms with Gasteiger partial charge in [-0.25, -0.2) is 0 Å². The Kier molecular flexibility index (Phi) is 7.78. The second kappa shape index (κ2) is 12.2. The largest absolute Gasteiger partial charge is 0.457 e. The van der Waals surface area contributed by atoms with Crippen molar-refractivity contribution >= 4 is 45.4 Å². The molecule has 3 heterocycles. The van der Waals surface area contributed by atoms with Gasteiger partial charge in [-0.3, -0.25) is 4.98 Å². The number of hydrogen-bond acceptors (Lipinski definition) is 4. The molecule has 0 saturated carbocycles. The van der Waals surface area contributed by atoms with E-state index in [1.54, 1.807) is 0 Å². The minimum Gasteiger partial charge on any atom is -0.457 e. The molecule has 8 rings (SSSR count). The topological polar surface area (TPSA) is 33.5 Å². The van der Waals surface area contributed by atoms with Crippen molar-refractivity contribution in [3.8, 4) is 11.5 Å². The summed E-state index contributed by atoms with van der Waals surface area (Å²) in [5.74, 6) is 1.66. The highest BCUT2D eigenvalue weighted by Crippen LogP contribution is 2.39. The van der Waals surface area contributed by atoms with Gasteiger partial charge in [0.05, 0.1) is 17.7 Å². The lowest BCUT2D eigenvalue weighted by Gasteiger charge is -2.26. The number of nitrogens with zero attached hydrogens (tertiary/aromatic N) is 4. The summed E-state index contributed by atoms with van der Waals surface area (Å²) in [6.45, 7) is 14.3. The van der Waals surface area contributed by atoms with Crippen molar-refractivity contribution in [3.63, 3.8) is 0 Å². The monoisotopic (exact) mass is 644 g/mol. The third-order valence-electron chi connectivity index (χ3n) is 10.7. The Bertz CT molecular complexity index is 2200. The van der Waals surface area contributed by atoms with E-state index in [-0.39, 0.29) is 6.85 Å². The van der Waals surface area contributed by atoms with Crippen LogP contribution in [-0.2, 0) is 0 Å². The van der Waals surface area contributed by atoms with Crippen molar-refractivity contribution in [3.05, 3.63) is 130 Å². The molecule has 0 bridgehead atoms. The number of anilines is 1. The summed E-state index contributed by atoms with van der Waals surface area (Å²) in [5, 5.41) is 1.09. The Morgan fingerprint density at radius 3 is 1.96 bits per heavy atom. The molecule has 2 aromatic heterocycles. The van der Waals surface area contributed by atoms with E-state index < -0.39 is 0 Å². The van der Waals surface area contributed by atoms with Gasteiger partial charge >= 0.3 is 6.85 Å². The van der Waals surface area contributed by atoms with E-state index in [1.165, 1.54) is 80.7 Å². The standard InChI is InChI=1S/C43H45BN4O/c1-27-20-29(3)41(30(4)21-27)44(42-31(5)22-28(2)23-32(42)6)48-37-18-17-35(25-36(37)43-40(48)16-11-19-45-43)49-34-13-10-12-33(24-34)47-26-46(7)38-14-8-9-15-39(38)47/h10-13,16-25H,8-9,14-15,26H2,1-7H3. The summed E-state index contributed by atoms with van der Waals surface area (Å²) < 4.78 is 9.17. The first-order valence-corrected chi connectivity index (χ1v) is 17.7. The van der Waals surface area contributed by atoms with Crippen LogP contribution in [0.15, 0.2) is 96.5 Å². The fourth-order valence-electron chi connectivity index (χ4n) is 8.88. The Morgan fingerprint density at radius 1 is 0.653 bits per heavy atom. The second-order valence-corrected chi connectivity index (χ2v) is 14.4. The normalized spacial score (nSPS) is 14.7. The van der Waals surface area contributed by atoms with Gasteiger partial charge in [-0.15, -0.1) is 0 Å². The van der Waals surface area contributed by atoms with Crippen LogP contribution in [0.2, 0.25) is 0 Å². The van der Waals surface area contributed by atoms with E-state index >= 15 is 0 Å². The second-order valence-electron chi connectivity index (χ2n) is 14.4. The first kappa shape index (κ1) is 31.3. The molecule has 0 spiro atoms. The Labute approximate surface area is 290 Å². The van der Waals surface area contributed by atoms with Crippen molar-refractivity contribution in [2.24, 2.45) is 0 Å². The van der Waals surface area contributed by atoms with E-state index in [0.717, 1.165) is 46.5 Å². The minimum absolute atomic E-state index is 0.0218. The molecule has 246 valence electrons. The number of fused-ring (bicyclic) bond motifs is 3. The molecule has 49 heavy (non-hydrogen) atoms. The predicted octanol–water partition coefficient (Wildman–Crippen LogP) is 8.98. The van der Waals surface area contributed by atoms with Gasteiger partial charge in [0.25, 0.3) is 0 Å². The quantitative estimate of drug-likeness (QED) is 0.170. The molecule has 6 aromatic rings. The highest BCUT2D eigenvalue weighted by molar-refractivity contribution is 6.86. The highest BCUT2D eigenvalue weighted by Gasteiger charge is 2.33. The van der Waals surface area contributed by atoms with Gasteiger partial charge in [0.1, 0.15) is 11.5 Å². The molecule has 4 aromatic carbocycles. The summed E-state index contributed by atoms with van der Waals surface area (Å²) in [6.07, 6.45) is 6.76. The molecule has 0 saturated heterocycles. The zero-order chi connectivity index (χ0) is 34.0. The van der Waals surface area contributed by atoms with E-state index in [4.69, 9.17) is 9.72 Å². The van der Waals surface area contributed by atoms with Gasteiger partial charge < -0.3 is 19.0 Å². The van der Waals surface area contributed by atoms with Crippen LogP contribution in [0.5, 0.6) is 11.5 Å². The van der Waals surface area contributed by atoms with Gasteiger partial charge in [0.2, 0.25) is 0 Å². The van der Waals surface area contributed by atoms with Crippen molar-refractivity contribution in [2.45, 2.75) is 67.2 Å². The van der Waals surface area contributed by atoms with Crippen molar-refractivity contribution in [1.29, 1.82) is 0 Å². The molecule has 0 N–H and O–H groups in total. The van der Waals surface area contributed by atoms with Gasteiger partial charge in [0, 0.05) is 47.3 Å². The molecule has 2 aliphatic rings. The molecule has 0 atom stereocenters. The molecule has 0 radical (unpaired) electrons. The Morgan fingerprint density at radius 2 is 1.29 bits per heavy atom. The number of pyridine rings is 1. The van der Waals surface area contributed by atoms with Crippen LogP contribution in [-0.4, -0.2) is 34.9 Å². The molecular weight excluding hydrogens is 599 g/mol. The maximum atomic E-state index is 6.65. The van der Waals surface area contributed by atoms with Crippen LogP contribution in [0.3, 0.4) is 0 Å². The third kappa shape index (κ3) is 5.38. The van der Waals surface area contributed by atoms with Crippen LogP contribution < -0.4 is 20.6 Å². The summed E-state index contributed by atoms with van der Waals surface area (Å²) in [6, 6.07) is 28.7. The van der Waals surface area contributed by atoms with Crippen LogP contribution in [0.1, 0.15) is 59.1 Å². The lowest BCUT2D eigenvalue weighted by molar-refractivity contribution is 0.433. The van der Waals surface area contributed by atoms with Crippen LogP contribution >= 0.6 is 0 Å². The number of aryl methyl sites for hydroxylation is 6. The zero-order valence-electron chi connectivity index (χ0n) is 29.9. The SMILES string of the molecule is Cc1cc(C)c(B(c2c(C)cc(C)cc2C)n2c3ccc(Oc4cccc(N5CN(C)C6=C5CCCC6)c4)cc3c3ncccc32)c(C)c1. The Balaban J connectivity index is 1.26. The van der Waals surface area contributed by atoms with Crippen molar-refractivity contribution in [2.75, 3.05) is 18.6 Å². The summed E-state index contributed by atoms with van der Waals surface area (Å²) in [5.41, 5.74) is 17.9. The van der Waals surface area contributed by atoms with E-state index in [0.29, 0.717) is 0 Å². The first-order chi connectivity index (χ1) is 23.7.